The highest BCUT2D eigenvalue weighted by Gasteiger charge is 2.16. The van der Waals surface area contributed by atoms with Gasteiger partial charge in [0.15, 0.2) is 0 Å². The highest BCUT2D eigenvalue weighted by molar-refractivity contribution is 5.94. The third-order valence-electron chi connectivity index (χ3n) is 3.17. The number of hydrogen-bond donors (Lipinski definition) is 2. The highest BCUT2D eigenvalue weighted by atomic mass is 16.5. The molecule has 1 amide bonds. The van der Waals surface area contributed by atoms with Crippen molar-refractivity contribution in [1.82, 2.24) is 4.90 Å². The van der Waals surface area contributed by atoms with Crippen molar-refractivity contribution in [3.05, 3.63) is 18.2 Å². The van der Waals surface area contributed by atoms with Crippen molar-refractivity contribution in [2.24, 2.45) is 5.92 Å². The summed E-state index contributed by atoms with van der Waals surface area (Å²) in [5.41, 5.74) is 6.95. The van der Waals surface area contributed by atoms with Gasteiger partial charge in [0.25, 0.3) is 0 Å². The maximum Gasteiger partial charge on any atom is 0.238 e. The van der Waals surface area contributed by atoms with Crippen molar-refractivity contribution in [2.45, 2.75) is 33.7 Å². The van der Waals surface area contributed by atoms with Crippen LogP contribution in [0.5, 0.6) is 5.75 Å². The summed E-state index contributed by atoms with van der Waals surface area (Å²) in [4.78, 5) is 14.4. The number of rotatable bonds is 7. The molecule has 0 fully saturated rings. The number of carbonyl (C=O) groups is 1. The molecule has 0 aromatic heterocycles. The van der Waals surface area contributed by atoms with Gasteiger partial charge in [0, 0.05) is 18.3 Å². The van der Waals surface area contributed by atoms with E-state index in [0.29, 0.717) is 35.6 Å². The van der Waals surface area contributed by atoms with Crippen LogP contribution in [-0.2, 0) is 4.79 Å². The zero-order valence-corrected chi connectivity index (χ0v) is 13.6. The second-order valence-electron chi connectivity index (χ2n) is 5.92. The fourth-order valence-electron chi connectivity index (χ4n) is 2.12. The monoisotopic (exact) mass is 293 g/mol. The summed E-state index contributed by atoms with van der Waals surface area (Å²) < 4.78 is 5.23. The Bertz CT molecular complexity index is 473. The maximum atomic E-state index is 12.2. The number of carbonyl (C=O) groups excluding carboxylic acids is 1. The van der Waals surface area contributed by atoms with Crippen LogP contribution in [0.15, 0.2) is 18.2 Å². The summed E-state index contributed by atoms with van der Waals surface area (Å²) in [5.74, 6) is 1.06. The Labute approximate surface area is 127 Å². The molecular weight excluding hydrogens is 266 g/mol. The highest BCUT2D eigenvalue weighted by Crippen LogP contribution is 2.26. The van der Waals surface area contributed by atoms with Crippen LogP contribution in [0.25, 0.3) is 0 Å². The average molecular weight is 293 g/mol. The molecule has 5 nitrogen and oxygen atoms in total. The first-order valence-electron chi connectivity index (χ1n) is 7.31. The molecule has 0 spiro atoms. The van der Waals surface area contributed by atoms with Gasteiger partial charge < -0.3 is 15.8 Å². The van der Waals surface area contributed by atoms with E-state index in [2.05, 4.69) is 37.9 Å². The Kier molecular flexibility index (Phi) is 6.49. The molecule has 0 saturated carbocycles. The largest absolute Gasteiger partial charge is 0.495 e. The predicted octanol–water partition coefficient (Wildman–Crippen LogP) is 2.58. The zero-order chi connectivity index (χ0) is 16.0. The van der Waals surface area contributed by atoms with E-state index in [1.807, 2.05) is 0 Å². The van der Waals surface area contributed by atoms with E-state index in [9.17, 15) is 4.79 Å². The lowest BCUT2D eigenvalue weighted by Gasteiger charge is -2.27. The van der Waals surface area contributed by atoms with E-state index in [1.54, 1.807) is 25.3 Å². The molecule has 0 heterocycles. The number of nitrogen functional groups attached to an aromatic ring is 1. The number of anilines is 2. The van der Waals surface area contributed by atoms with Crippen molar-refractivity contribution in [3.8, 4) is 5.75 Å². The fraction of sp³-hybridized carbons (Fsp3) is 0.562. The van der Waals surface area contributed by atoms with E-state index in [4.69, 9.17) is 10.5 Å². The Balaban J connectivity index is 2.74. The lowest BCUT2D eigenvalue weighted by molar-refractivity contribution is -0.117. The van der Waals surface area contributed by atoms with Crippen LogP contribution in [0.2, 0.25) is 0 Å². The van der Waals surface area contributed by atoms with Crippen molar-refractivity contribution in [3.63, 3.8) is 0 Å². The zero-order valence-electron chi connectivity index (χ0n) is 13.6. The molecule has 0 aliphatic carbocycles. The van der Waals surface area contributed by atoms with Crippen LogP contribution in [0.4, 0.5) is 11.4 Å². The predicted molar refractivity (Wildman–Crippen MR) is 87.6 cm³/mol. The molecule has 1 aromatic carbocycles. The van der Waals surface area contributed by atoms with Crippen LogP contribution < -0.4 is 15.8 Å². The van der Waals surface area contributed by atoms with Gasteiger partial charge in [-0.2, -0.15) is 0 Å². The van der Waals surface area contributed by atoms with Gasteiger partial charge in [-0.3, -0.25) is 9.69 Å². The summed E-state index contributed by atoms with van der Waals surface area (Å²) in [6.07, 6.45) is 0. The van der Waals surface area contributed by atoms with Crippen molar-refractivity contribution >= 4 is 17.3 Å². The van der Waals surface area contributed by atoms with Crippen LogP contribution in [0, 0.1) is 5.92 Å². The summed E-state index contributed by atoms with van der Waals surface area (Å²) >= 11 is 0. The van der Waals surface area contributed by atoms with Gasteiger partial charge >= 0.3 is 0 Å². The van der Waals surface area contributed by atoms with Crippen molar-refractivity contribution < 1.29 is 9.53 Å². The number of ether oxygens (including phenoxy) is 1. The molecule has 1 aromatic rings. The summed E-state index contributed by atoms with van der Waals surface area (Å²) in [6.45, 7) is 9.73. The first-order valence-corrected chi connectivity index (χ1v) is 7.31. The Morgan fingerprint density at radius 2 is 2.00 bits per heavy atom. The smallest absolute Gasteiger partial charge is 0.238 e. The number of nitrogens with zero attached hydrogens (tertiary/aromatic N) is 1. The molecule has 0 radical (unpaired) electrons. The normalized spacial score (nSPS) is 11.2. The van der Waals surface area contributed by atoms with Gasteiger partial charge in [0.05, 0.1) is 19.3 Å². The van der Waals surface area contributed by atoms with Crippen molar-refractivity contribution in [1.29, 1.82) is 0 Å². The molecule has 0 aliphatic heterocycles. The molecule has 0 bridgehead atoms. The Morgan fingerprint density at radius 1 is 1.33 bits per heavy atom. The lowest BCUT2D eigenvalue weighted by Crippen LogP contribution is -2.40. The third-order valence-corrected chi connectivity index (χ3v) is 3.17. The Hall–Kier alpha value is -1.75. The maximum absolute atomic E-state index is 12.2. The summed E-state index contributed by atoms with van der Waals surface area (Å²) in [5, 5.41) is 2.88. The number of methoxy groups -OCH3 is 1. The number of nitrogens with one attached hydrogen (secondary N) is 1. The van der Waals surface area contributed by atoms with Crippen LogP contribution in [0.3, 0.4) is 0 Å². The van der Waals surface area contributed by atoms with E-state index in [-0.39, 0.29) is 5.91 Å². The van der Waals surface area contributed by atoms with Gasteiger partial charge in [-0.15, -0.1) is 0 Å². The van der Waals surface area contributed by atoms with Gasteiger partial charge in [-0.05, 0) is 38.0 Å². The minimum absolute atomic E-state index is 0.0618. The number of amides is 1. The first-order chi connectivity index (χ1) is 9.83. The number of hydrogen-bond acceptors (Lipinski definition) is 4. The lowest BCUT2D eigenvalue weighted by atomic mass is 10.2. The topological polar surface area (TPSA) is 67.6 Å². The van der Waals surface area contributed by atoms with Gasteiger partial charge in [-0.25, -0.2) is 0 Å². The molecule has 0 saturated heterocycles. The number of nitrogens with two attached hydrogens (primary N) is 1. The quantitative estimate of drug-likeness (QED) is 0.758. The molecule has 21 heavy (non-hydrogen) atoms. The van der Waals surface area contributed by atoms with Gasteiger partial charge in [0.2, 0.25) is 5.91 Å². The van der Waals surface area contributed by atoms with E-state index < -0.39 is 0 Å². The molecule has 3 N–H and O–H groups in total. The van der Waals surface area contributed by atoms with Crippen molar-refractivity contribution in [2.75, 3.05) is 31.2 Å². The third kappa shape index (κ3) is 5.63. The minimum Gasteiger partial charge on any atom is -0.495 e. The molecule has 0 atom stereocenters. The van der Waals surface area contributed by atoms with Crippen LogP contribution >= 0.6 is 0 Å². The standard InChI is InChI=1S/C16H27N3O2/c1-11(2)9-19(12(3)4)10-16(20)18-14-8-13(17)6-7-15(14)21-5/h6-8,11-12H,9-10,17H2,1-5H3,(H,18,20). The van der Waals surface area contributed by atoms with Crippen LogP contribution in [-0.4, -0.2) is 37.0 Å². The number of benzene rings is 1. The van der Waals surface area contributed by atoms with E-state index in [1.165, 1.54) is 0 Å². The summed E-state index contributed by atoms with van der Waals surface area (Å²) in [7, 11) is 1.57. The molecule has 1 rings (SSSR count). The molecule has 5 heteroatoms. The van der Waals surface area contributed by atoms with Crippen LogP contribution in [0.1, 0.15) is 27.7 Å². The molecule has 0 unspecified atom stereocenters. The molecule has 118 valence electrons. The SMILES string of the molecule is COc1ccc(N)cc1NC(=O)CN(CC(C)C)C(C)C. The minimum atomic E-state index is -0.0618. The average Bonchev–Trinajstić information content (AvgIpc) is 2.37. The van der Waals surface area contributed by atoms with E-state index >= 15 is 0 Å². The fourth-order valence-corrected chi connectivity index (χ4v) is 2.12. The molecular formula is C16H27N3O2. The summed E-state index contributed by atoms with van der Waals surface area (Å²) in [6, 6.07) is 5.52. The van der Waals surface area contributed by atoms with Gasteiger partial charge in [0.1, 0.15) is 5.75 Å². The van der Waals surface area contributed by atoms with E-state index in [0.717, 1.165) is 6.54 Å². The Morgan fingerprint density at radius 3 is 2.52 bits per heavy atom. The second kappa shape index (κ2) is 7.88. The first kappa shape index (κ1) is 17.3. The molecule has 0 aliphatic rings. The van der Waals surface area contributed by atoms with Gasteiger partial charge in [-0.1, -0.05) is 13.8 Å². The second-order valence-corrected chi connectivity index (χ2v) is 5.92.